The molecular weight excluding hydrogens is 268 g/mol. The SMILES string of the molecule is Cc1cccc(C(=O)N(C)c2cccc(C(N)=NO)c2)n1. The summed E-state index contributed by atoms with van der Waals surface area (Å²) in [5, 5.41) is 11.7. The fraction of sp³-hybridized carbons (Fsp3) is 0.133. The molecule has 0 spiro atoms. The zero-order valence-corrected chi connectivity index (χ0v) is 11.8. The molecule has 0 saturated heterocycles. The molecule has 1 heterocycles. The van der Waals surface area contributed by atoms with E-state index in [0.29, 0.717) is 16.9 Å². The maximum atomic E-state index is 12.4. The number of oxime groups is 1. The molecule has 0 saturated carbocycles. The van der Waals surface area contributed by atoms with Crippen LogP contribution in [0.2, 0.25) is 0 Å². The number of nitrogens with zero attached hydrogens (tertiary/aromatic N) is 3. The van der Waals surface area contributed by atoms with Crippen LogP contribution in [0.4, 0.5) is 5.69 Å². The highest BCUT2D eigenvalue weighted by Gasteiger charge is 2.15. The van der Waals surface area contributed by atoms with Crippen LogP contribution in [0.15, 0.2) is 47.6 Å². The summed E-state index contributed by atoms with van der Waals surface area (Å²) in [5.41, 5.74) is 7.87. The van der Waals surface area contributed by atoms with Crippen molar-refractivity contribution >= 4 is 17.4 Å². The number of carbonyl (C=O) groups excluding carboxylic acids is 1. The number of benzene rings is 1. The number of nitrogens with two attached hydrogens (primary N) is 1. The highest BCUT2D eigenvalue weighted by Crippen LogP contribution is 2.17. The first-order chi connectivity index (χ1) is 10.0. The number of carbonyl (C=O) groups is 1. The number of rotatable bonds is 3. The Bertz CT molecular complexity index is 698. The summed E-state index contributed by atoms with van der Waals surface area (Å²) >= 11 is 0. The predicted molar refractivity (Wildman–Crippen MR) is 80.7 cm³/mol. The lowest BCUT2D eigenvalue weighted by atomic mass is 10.1. The van der Waals surface area contributed by atoms with Crippen LogP contribution in [0.3, 0.4) is 0 Å². The highest BCUT2D eigenvalue weighted by atomic mass is 16.4. The van der Waals surface area contributed by atoms with Gasteiger partial charge < -0.3 is 15.8 Å². The van der Waals surface area contributed by atoms with E-state index in [1.54, 1.807) is 43.4 Å². The van der Waals surface area contributed by atoms with Gasteiger partial charge in [-0.3, -0.25) is 4.79 Å². The van der Waals surface area contributed by atoms with E-state index < -0.39 is 0 Å². The van der Waals surface area contributed by atoms with Gasteiger partial charge in [-0.25, -0.2) is 4.98 Å². The van der Waals surface area contributed by atoms with Gasteiger partial charge >= 0.3 is 0 Å². The van der Waals surface area contributed by atoms with Crippen molar-refractivity contribution in [1.29, 1.82) is 0 Å². The lowest BCUT2D eigenvalue weighted by Gasteiger charge is -2.17. The molecule has 0 aliphatic heterocycles. The number of aryl methyl sites for hydroxylation is 1. The Morgan fingerprint density at radius 2 is 2.00 bits per heavy atom. The molecule has 0 radical (unpaired) electrons. The van der Waals surface area contributed by atoms with Crippen molar-refractivity contribution in [1.82, 2.24) is 4.98 Å². The standard InChI is InChI=1S/C15H16N4O2/c1-10-5-3-8-13(17-10)15(20)19(2)12-7-4-6-11(9-12)14(16)18-21/h3-9,21H,1-2H3,(H2,16,18). The summed E-state index contributed by atoms with van der Waals surface area (Å²) in [6, 6.07) is 12.1. The van der Waals surface area contributed by atoms with Crippen LogP contribution in [0.5, 0.6) is 0 Å². The molecule has 0 aliphatic carbocycles. The van der Waals surface area contributed by atoms with Crippen molar-refractivity contribution in [3.05, 3.63) is 59.4 Å². The van der Waals surface area contributed by atoms with E-state index in [4.69, 9.17) is 10.9 Å². The van der Waals surface area contributed by atoms with Gasteiger partial charge in [0.1, 0.15) is 5.69 Å². The Labute approximate surface area is 122 Å². The second-order valence-electron chi connectivity index (χ2n) is 4.56. The summed E-state index contributed by atoms with van der Waals surface area (Å²) in [5.74, 6) is -0.235. The van der Waals surface area contributed by atoms with Gasteiger partial charge in [0.2, 0.25) is 0 Å². The van der Waals surface area contributed by atoms with Gasteiger partial charge in [0.25, 0.3) is 5.91 Å². The third-order valence-corrected chi connectivity index (χ3v) is 3.05. The topological polar surface area (TPSA) is 91.8 Å². The Balaban J connectivity index is 2.31. The fourth-order valence-corrected chi connectivity index (χ4v) is 1.88. The Morgan fingerprint density at radius 3 is 2.67 bits per heavy atom. The molecule has 0 unspecified atom stereocenters. The van der Waals surface area contributed by atoms with E-state index in [1.807, 2.05) is 13.0 Å². The molecule has 3 N–H and O–H groups in total. The van der Waals surface area contributed by atoms with Crippen LogP contribution >= 0.6 is 0 Å². The van der Waals surface area contributed by atoms with Crippen LogP contribution < -0.4 is 10.6 Å². The molecule has 0 fully saturated rings. The van der Waals surface area contributed by atoms with E-state index in [-0.39, 0.29) is 11.7 Å². The average molecular weight is 284 g/mol. The van der Waals surface area contributed by atoms with E-state index >= 15 is 0 Å². The monoisotopic (exact) mass is 284 g/mol. The molecule has 108 valence electrons. The minimum absolute atomic E-state index is 0.00798. The molecule has 6 nitrogen and oxygen atoms in total. The number of aromatic nitrogens is 1. The third kappa shape index (κ3) is 3.17. The van der Waals surface area contributed by atoms with Crippen LogP contribution in [0.25, 0.3) is 0 Å². The Kier molecular flexibility index (Phi) is 4.18. The van der Waals surface area contributed by atoms with Crippen molar-refractivity contribution in [2.75, 3.05) is 11.9 Å². The number of amides is 1. The van der Waals surface area contributed by atoms with Gasteiger partial charge in [0, 0.05) is 24.0 Å². The highest BCUT2D eigenvalue weighted by molar-refractivity contribution is 6.05. The van der Waals surface area contributed by atoms with Crippen molar-refractivity contribution in [2.45, 2.75) is 6.92 Å². The minimum Gasteiger partial charge on any atom is -0.409 e. The van der Waals surface area contributed by atoms with Crippen LogP contribution in [0, 0.1) is 6.92 Å². The van der Waals surface area contributed by atoms with E-state index in [0.717, 1.165) is 5.69 Å². The molecule has 2 rings (SSSR count). The minimum atomic E-state index is -0.227. The summed E-state index contributed by atoms with van der Waals surface area (Å²) in [4.78, 5) is 18.1. The smallest absolute Gasteiger partial charge is 0.276 e. The molecule has 0 bridgehead atoms. The number of anilines is 1. The zero-order chi connectivity index (χ0) is 15.4. The number of hydrogen-bond donors (Lipinski definition) is 2. The first-order valence-corrected chi connectivity index (χ1v) is 6.32. The van der Waals surface area contributed by atoms with Gasteiger partial charge in [-0.15, -0.1) is 0 Å². The molecule has 2 aromatic rings. The number of amidine groups is 1. The lowest BCUT2D eigenvalue weighted by molar-refractivity contribution is 0.0988. The molecule has 1 aromatic carbocycles. The molecule has 0 aliphatic rings. The maximum Gasteiger partial charge on any atom is 0.276 e. The normalized spacial score (nSPS) is 11.2. The predicted octanol–water partition coefficient (Wildman–Crippen LogP) is 1.76. The fourth-order valence-electron chi connectivity index (χ4n) is 1.88. The molecule has 6 heteroatoms. The van der Waals surface area contributed by atoms with Crippen LogP contribution in [-0.4, -0.2) is 29.0 Å². The Morgan fingerprint density at radius 1 is 1.29 bits per heavy atom. The Hall–Kier alpha value is -2.89. The van der Waals surface area contributed by atoms with E-state index in [9.17, 15) is 4.79 Å². The van der Waals surface area contributed by atoms with Gasteiger partial charge in [0.15, 0.2) is 5.84 Å². The van der Waals surface area contributed by atoms with Crippen molar-refractivity contribution < 1.29 is 10.0 Å². The quantitative estimate of drug-likeness (QED) is 0.389. The van der Waals surface area contributed by atoms with Crippen molar-refractivity contribution in [2.24, 2.45) is 10.9 Å². The van der Waals surface area contributed by atoms with Gasteiger partial charge in [0.05, 0.1) is 0 Å². The van der Waals surface area contributed by atoms with Crippen LogP contribution in [0.1, 0.15) is 21.7 Å². The molecule has 0 atom stereocenters. The molecule has 1 amide bonds. The van der Waals surface area contributed by atoms with Crippen molar-refractivity contribution in [3.8, 4) is 0 Å². The molecular formula is C15H16N4O2. The van der Waals surface area contributed by atoms with Crippen LogP contribution in [-0.2, 0) is 0 Å². The summed E-state index contributed by atoms with van der Waals surface area (Å²) in [6.45, 7) is 1.83. The first-order valence-electron chi connectivity index (χ1n) is 6.32. The maximum absolute atomic E-state index is 12.4. The first kappa shape index (κ1) is 14.5. The third-order valence-electron chi connectivity index (χ3n) is 3.05. The summed E-state index contributed by atoms with van der Waals surface area (Å²) in [7, 11) is 1.65. The van der Waals surface area contributed by atoms with E-state index in [1.165, 1.54) is 4.90 Å². The second-order valence-corrected chi connectivity index (χ2v) is 4.56. The van der Waals surface area contributed by atoms with Gasteiger partial charge in [-0.1, -0.05) is 23.4 Å². The number of hydrogen-bond acceptors (Lipinski definition) is 4. The number of pyridine rings is 1. The zero-order valence-electron chi connectivity index (χ0n) is 11.8. The van der Waals surface area contributed by atoms with Gasteiger partial charge in [-0.2, -0.15) is 0 Å². The summed E-state index contributed by atoms with van der Waals surface area (Å²) < 4.78 is 0. The van der Waals surface area contributed by atoms with Crippen molar-refractivity contribution in [3.63, 3.8) is 0 Å². The second kappa shape index (κ2) is 6.04. The summed E-state index contributed by atoms with van der Waals surface area (Å²) in [6.07, 6.45) is 0. The largest absolute Gasteiger partial charge is 0.409 e. The average Bonchev–Trinajstić information content (AvgIpc) is 2.52. The van der Waals surface area contributed by atoms with E-state index in [2.05, 4.69) is 10.1 Å². The molecule has 1 aromatic heterocycles. The molecule has 21 heavy (non-hydrogen) atoms. The lowest BCUT2D eigenvalue weighted by Crippen LogP contribution is -2.27. The van der Waals surface area contributed by atoms with Gasteiger partial charge in [-0.05, 0) is 31.2 Å².